The maximum absolute atomic E-state index is 12.1. The molecule has 0 saturated carbocycles. The Morgan fingerprint density at radius 3 is 2.61 bits per heavy atom. The molecule has 5 nitrogen and oxygen atoms in total. The van der Waals surface area contributed by atoms with Crippen LogP contribution >= 0.6 is 23.1 Å². The monoisotopic (exact) mass is 411 g/mol. The van der Waals surface area contributed by atoms with Gasteiger partial charge in [0.2, 0.25) is 11.8 Å². The first kappa shape index (κ1) is 20.1. The number of rotatable bonds is 7. The van der Waals surface area contributed by atoms with E-state index in [9.17, 15) is 9.59 Å². The molecule has 0 bridgehead atoms. The van der Waals surface area contributed by atoms with Gasteiger partial charge in [0.15, 0.2) is 4.34 Å². The minimum absolute atomic E-state index is 0.0556. The highest BCUT2D eigenvalue weighted by atomic mass is 32.2. The fourth-order valence-corrected chi connectivity index (χ4v) is 4.17. The van der Waals surface area contributed by atoms with Crippen molar-refractivity contribution in [1.29, 1.82) is 0 Å². The number of nitrogens with zero attached hydrogens (tertiary/aromatic N) is 1. The van der Waals surface area contributed by atoms with Crippen molar-refractivity contribution in [3.8, 4) is 11.3 Å². The van der Waals surface area contributed by atoms with E-state index in [0.717, 1.165) is 32.4 Å². The van der Waals surface area contributed by atoms with Crippen LogP contribution in [0.15, 0.2) is 58.3 Å². The fraction of sp³-hybridized carbons (Fsp3) is 0.190. The molecule has 0 aliphatic heterocycles. The summed E-state index contributed by atoms with van der Waals surface area (Å²) in [5.41, 5.74) is 4.86. The second-order valence-electron chi connectivity index (χ2n) is 6.23. The number of benzene rings is 2. The van der Waals surface area contributed by atoms with E-state index in [1.165, 1.54) is 23.1 Å². The Labute approximate surface area is 172 Å². The lowest BCUT2D eigenvalue weighted by Crippen LogP contribution is -2.34. The van der Waals surface area contributed by atoms with Gasteiger partial charge >= 0.3 is 0 Å². The zero-order valence-corrected chi connectivity index (χ0v) is 17.3. The van der Waals surface area contributed by atoms with Crippen molar-refractivity contribution in [2.45, 2.75) is 18.2 Å². The Balaban J connectivity index is 1.44. The predicted octanol–water partition coefficient (Wildman–Crippen LogP) is 4.27. The molecular formula is C21H21N3O2S2. The summed E-state index contributed by atoms with van der Waals surface area (Å²) in [7, 11) is 0. The number of anilines is 1. The Bertz CT molecular complexity index is 971. The Hall–Kier alpha value is -2.64. The highest BCUT2D eigenvalue weighted by Gasteiger charge is 2.10. The number of thiazole rings is 1. The molecular weight excluding hydrogens is 390 g/mol. The molecule has 3 rings (SSSR count). The molecule has 2 N–H and O–H groups in total. The van der Waals surface area contributed by atoms with Gasteiger partial charge in [0.25, 0.3) is 0 Å². The van der Waals surface area contributed by atoms with E-state index >= 15 is 0 Å². The summed E-state index contributed by atoms with van der Waals surface area (Å²) >= 11 is 2.88. The van der Waals surface area contributed by atoms with Crippen molar-refractivity contribution in [3.63, 3.8) is 0 Å². The quantitative estimate of drug-likeness (QED) is 0.570. The SMILES string of the molecule is Cc1cccc(NC(=O)CNC(=O)CSc2nc(-c3ccccc3)cs2)c1C. The summed E-state index contributed by atoms with van der Waals surface area (Å²) < 4.78 is 0.828. The van der Waals surface area contributed by atoms with Gasteiger partial charge in [0, 0.05) is 16.6 Å². The largest absolute Gasteiger partial charge is 0.346 e. The zero-order valence-electron chi connectivity index (χ0n) is 15.7. The van der Waals surface area contributed by atoms with Gasteiger partial charge in [-0.2, -0.15) is 0 Å². The van der Waals surface area contributed by atoms with Crippen LogP contribution in [0.1, 0.15) is 11.1 Å². The molecule has 144 valence electrons. The molecule has 0 radical (unpaired) electrons. The Kier molecular flexibility index (Phi) is 6.84. The van der Waals surface area contributed by atoms with E-state index in [1.54, 1.807) is 0 Å². The van der Waals surface area contributed by atoms with Crippen molar-refractivity contribution in [3.05, 3.63) is 65.0 Å². The molecule has 1 aromatic heterocycles. The summed E-state index contributed by atoms with van der Waals surface area (Å²) in [6, 6.07) is 15.7. The van der Waals surface area contributed by atoms with Gasteiger partial charge in [-0.3, -0.25) is 9.59 Å². The molecule has 0 spiro atoms. The molecule has 2 aromatic carbocycles. The van der Waals surface area contributed by atoms with Crippen LogP contribution < -0.4 is 10.6 Å². The summed E-state index contributed by atoms with van der Waals surface area (Å²) in [6.45, 7) is 3.89. The topological polar surface area (TPSA) is 71.1 Å². The summed E-state index contributed by atoms with van der Waals surface area (Å²) in [4.78, 5) is 28.7. The van der Waals surface area contributed by atoms with Crippen LogP contribution in [0.5, 0.6) is 0 Å². The molecule has 1 heterocycles. The smallest absolute Gasteiger partial charge is 0.243 e. The van der Waals surface area contributed by atoms with Crippen molar-refractivity contribution in [2.75, 3.05) is 17.6 Å². The average molecular weight is 412 g/mol. The van der Waals surface area contributed by atoms with Gasteiger partial charge in [-0.25, -0.2) is 4.98 Å². The van der Waals surface area contributed by atoms with Crippen LogP contribution in [-0.4, -0.2) is 29.1 Å². The molecule has 7 heteroatoms. The molecule has 28 heavy (non-hydrogen) atoms. The second kappa shape index (κ2) is 9.52. The van der Waals surface area contributed by atoms with Crippen LogP contribution in [0.4, 0.5) is 5.69 Å². The van der Waals surface area contributed by atoms with E-state index in [2.05, 4.69) is 15.6 Å². The van der Waals surface area contributed by atoms with E-state index in [1.807, 2.05) is 67.8 Å². The van der Waals surface area contributed by atoms with Crippen molar-refractivity contribution >= 4 is 40.6 Å². The highest BCUT2D eigenvalue weighted by molar-refractivity contribution is 8.01. The van der Waals surface area contributed by atoms with Crippen LogP contribution in [0.3, 0.4) is 0 Å². The minimum atomic E-state index is -0.243. The van der Waals surface area contributed by atoms with Crippen LogP contribution in [-0.2, 0) is 9.59 Å². The summed E-state index contributed by atoms with van der Waals surface area (Å²) in [5.74, 6) is -0.219. The van der Waals surface area contributed by atoms with Gasteiger partial charge < -0.3 is 10.6 Å². The number of nitrogens with one attached hydrogen (secondary N) is 2. The Morgan fingerprint density at radius 2 is 1.82 bits per heavy atom. The maximum Gasteiger partial charge on any atom is 0.243 e. The minimum Gasteiger partial charge on any atom is -0.346 e. The molecule has 2 amide bonds. The number of carbonyl (C=O) groups excluding carboxylic acids is 2. The molecule has 0 atom stereocenters. The number of hydrogen-bond acceptors (Lipinski definition) is 5. The number of hydrogen-bond donors (Lipinski definition) is 2. The molecule has 0 aliphatic rings. The first-order valence-corrected chi connectivity index (χ1v) is 10.7. The fourth-order valence-electron chi connectivity index (χ4n) is 2.50. The third-order valence-corrected chi connectivity index (χ3v) is 6.23. The summed E-state index contributed by atoms with van der Waals surface area (Å²) in [5, 5.41) is 7.46. The lowest BCUT2D eigenvalue weighted by Gasteiger charge is -2.10. The number of aryl methyl sites for hydroxylation is 1. The first-order chi connectivity index (χ1) is 13.5. The lowest BCUT2D eigenvalue weighted by atomic mass is 10.1. The first-order valence-electron chi connectivity index (χ1n) is 8.79. The van der Waals surface area contributed by atoms with Crippen LogP contribution in [0.25, 0.3) is 11.3 Å². The highest BCUT2D eigenvalue weighted by Crippen LogP contribution is 2.27. The number of aromatic nitrogens is 1. The average Bonchev–Trinajstić information content (AvgIpc) is 3.18. The van der Waals surface area contributed by atoms with E-state index in [-0.39, 0.29) is 24.1 Å². The molecule has 0 aliphatic carbocycles. The van der Waals surface area contributed by atoms with Gasteiger partial charge in [-0.15, -0.1) is 11.3 Å². The maximum atomic E-state index is 12.1. The predicted molar refractivity (Wildman–Crippen MR) is 116 cm³/mol. The van der Waals surface area contributed by atoms with Gasteiger partial charge in [-0.1, -0.05) is 54.2 Å². The standard InChI is InChI=1S/C21H21N3O2S2/c1-14-7-6-10-17(15(14)2)23-19(25)11-22-20(26)13-28-21-24-18(12-27-21)16-8-4-3-5-9-16/h3-10,12H,11,13H2,1-2H3,(H,22,26)(H,23,25). The number of carbonyl (C=O) groups is 2. The normalized spacial score (nSPS) is 10.5. The van der Waals surface area contributed by atoms with Gasteiger partial charge in [0.1, 0.15) is 0 Å². The van der Waals surface area contributed by atoms with Gasteiger partial charge in [0.05, 0.1) is 18.0 Å². The van der Waals surface area contributed by atoms with Crippen LogP contribution in [0, 0.1) is 13.8 Å². The molecule has 0 saturated heterocycles. The van der Waals surface area contributed by atoms with Crippen LogP contribution in [0.2, 0.25) is 0 Å². The van der Waals surface area contributed by atoms with E-state index in [4.69, 9.17) is 0 Å². The zero-order chi connectivity index (χ0) is 19.9. The number of thioether (sulfide) groups is 1. The number of amides is 2. The summed E-state index contributed by atoms with van der Waals surface area (Å²) in [6.07, 6.45) is 0. The van der Waals surface area contributed by atoms with E-state index < -0.39 is 0 Å². The molecule has 0 fully saturated rings. The van der Waals surface area contributed by atoms with Crippen molar-refractivity contribution in [1.82, 2.24) is 10.3 Å². The Morgan fingerprint density at radius 1 is 1.04 bits per heavy atom. The second-order valence-corrected chi connectivity index (χ2v) is 8.31. The molecule has 3 aromatic rings. The third-order valence-electron chi connectivity index (χ3n) is 4.20. The van der Waals surface area contributed by atoms with E-state index in [0.29, 0.717) is 0 Å². The lowest BCUT2D eigenvalue weighted by molar-refractivity contribution is -0.122. The van der Waals surface area contributed by atoms with Crippen molar-refractivity contribution < 1.29 is 9.59 Å². The van der Waals surface area contributed by atoms with Crippen molar-refractivity contribution in [2.24, 2.45) is 0 Å². The molecule has 0 unspecified atom stereocenters. The van der Waals surface area contributed by atoms with Gasteiger partial charge in [-0.05, 0) is 31.0 Å². The third kappa shape index (κ3) is 5.43.